The molecular weight excluding hydrogens is 545 g/mol. The van der Waals surface area contributed by atoms with E-state index in [2.05, 4.69) is 14.7 Å². The first kappa shape index (κ1) is 27.5. The number of hydrogen-bond donors (Lipinski definition) is 2. The highest BCUT2D eigenvalue weighted by Crippen LogP contribution is 2.35. The average molecular weight is 571 g/mol. The average Bonchev–Trinajstić information content (AvgIpc) is 2.92. The molecule has 40 heavy (non-hydrogen) atoms. The molecule has 2 heterocycles. The van der Waals surface area contributed by atoms with Crippen LogP contribution in [0.5, 0.6) is 0 Å². The number of amides is 1. The molecule has 0 saturated carbocycles. The summed E-state index contributed by atoms with van der Waals surface area (Å²) in [5.74, 6) is -0.323. The molecule has 208 valence electrons. The third kappa shape index (κ3) is 5.77. The Morgan fingerprint density at radius 2 is 1.62 bits per heavy atom. The molecule has 1 fully saturated rings. The van der Waals surface area contributed by atoms with Crippen LogP contribution in [0.15, 0.2) is 84.0 Å². The van der Waals surface area contributed by atoms with Crippen molar-refractivity contribution in [2.45, 2.75) is 35.9 Å². The van der Waals surface area contributed by atoms with Crippen LogP contribution in [0.25, 0.3) is 11.0 Å². The highest BCUT2D eigenvalue weighted by atomic mass is 32.2. The monoisotopic (exact) mass is 570 g/mol. The lowest BCUT2D eigenvalue weighted by atomic mass is 9.83. The van der Waals surface area contributed by atoms with Gasteiger partial charge in [0.2, 0.25) is 0 Å². The van der Waals surface area contributed by atoms with E-state index in [4.69, 9.17) is 0 Å². The van der Waals surface area contributed by atoms with Gasteiger partial charge in [0.25, 0.3) is 15.9 Å². The number of aliphatic hydroxyl groups is 1. The van der Waals surface area contributed by atoms with Crippen LogP contribution in [0.1, 0.15) is 34.3 Å². The minimum Gasteiger partial charge on any atom is -0.389 e. The van der Waals surface area contributed by atoms with E-state index in [-0.39, 0.29) is 59.9 Å². The Kier molecular flexibility index (Phi) is 7.23. The van der Waals surface area contributed by atoms with E-state index in [9.17, 15) is 31.5 Å². The first-order valence-electron chi connectivity index (χ1n) is 12.4. The molecule has 1 amide bonds. The zero-order valence-corrected chi connectivity index (χ0v) is 21.9. The smallest absolute Gasteiger partial charge is 0.389 e. The summed E-state index contributed by atoms with van der Waals surface area (Å²) in [5, 5.41) is 11.0. The van der Waals surface area contributed by atoms with Gasteiger partial charge in [0, 0.05) is 43.2 Å². The van der Waals surface area contributed by atoms with Crippen LogP contribution in [0.3, 0.4) is 0 Å². The van der Waals surface area contributed by atoms with E-state index >= 15 is 0 Å². The van der Waals surface area contributed by atoms with Crippen LogP contribution in [0, 0.1) is 0 Å². The first-order valence-corrected chi connectivity index (χ1v) is 13.9. The van der Waals surface area contributed by atoms with Crippen LogP contribution in [0.2, 0.25) is 0 Å². The van der Waals surface area contributed by atoms with E-state index in [1.165, 1.54) is 65.8 Å². The van der Waals surface area contributed by atoms with Crippen LogP contribution < -0.4 is 4.72 Å². The number of sulfonamides is 1. The van der Waals surface area contributed by atoms with Crippen molar-refractivity contribution >= 4 is 32.7 Å². The van der Waals surface area contributed by atoms with Crippen LogP contribution in [0.4, 0.5) is 18.9 Å². The molecule has 2 N–H and O–H groups in total. The van der Waals surface area contributed by atoms with Gasteiger partial charge < -0.3 is 10.0 Å². The molecule has 12 heteroatoms. The summed E-state index contributed by atoms with van der Waals surface area (Å²) in [6.07, 6.45) is -1.56. The van der Waals surface area contributed by atoms with Gasteiger partial charge in [-0.05, 0) is 60.9 Å². The maximum absolute atomic E-state index is 13.4. The Bertz CT molecular complexity index is 1650. The summed E-state index contributed by atoms with van der Waals surface area (Å²) in [7, 11) is -3.99. The Balaban J connectivity index is 1.23. The van der Waals surface area contributed by atoms with Crippen molar-refractivity contribution in [3.8, 4) is 0 Å². The number of nitrogens with one attached hydrogen (secondary N) is 1. The molecule has 4 aromatic rings. The van der Waals surface area contributed by atoms with E-state index < -0.39 is 27.4 Å². The largest absolute Gasteiger partial charge is 0.416 e. The van der Waals surface area contributed by atoms with Gasteiger partial charge in [-0.3, -0.25) is 19.5 Å². The minimum atomic E-state index is -4.52. The highest BCUT2D eigenvalue weighted by molar-refractivity contribution is 7.93. The van der Waals surface area contributed by atoms with E-state index in [1.54, 1.807) is 12.1 Å². The molecule has 1 aromatic heterocycles. The van der Waals surface area contributed by atoms with Crippen molar-refractivity contribution in [2.75, 3.05) is 17.8 Å². The SMILES string of the molecule is O=C(c1ccc(NS(=O)(=O)c2cccc3nccnc23)cc1)N1CCC(O)(Cc2ccccc2C(F)(F)F)CC1. The number of benzene rings is 3. The summed E-state index contributed by atoms with van der Waals surface area (Å²) in [5.41, 5.74) is -0.898. The van der Waals surface area contributed by atoms with Gasteiger partial charge in [-0.1, -0.05) is 24.3 Å². The number of fused-ring (bicyclic) bond motifs is 1. The molecule has 3 aromatic carbocycles. The molecule has 1 saturated heterocycles. The second-order valence-corrected chi connectivity index (χ2v) is 11.4. The van der Waals surface area contributed by atoms with Crippen molar-refractivity contribution in [2.24, 2.45) is 0 Å². The van der Waals surface area contributed by atoms with Crippen LogP contribution in [-0.4, -0.2) is 53.0 Å². The van der Waals surface area contributed by atoms with E-state index in [0.717, 1.165) is 6.07 Å². The number of carbonyl (C=O) groups is 1. The zero-order valence-electron chi connectivity index (χ0n) is 21.1. The number of para-hydroxylation sites is 1. The number of alkyl halides is 3. The summed E-state index contributed by atoms with van der Waals surface area (Å²) < 4.78 is 68.6. The first-order chi connectivity index (χ1) is 19.0. The maximum atomic E-state index is 13.4. The van der Waals surface area contributed by atoms with E-state index in [1.807, 2.05) is 0 Å². The van der Waals surface area contributed by atoms with Gasteiger partial charge in [-0.15, -0.1) is 0 Å². The Labute approximate surface area is 228 Å². The number of hydrogen-bond acceptors (Lipinski definition) is 6. The number of piperidine rings is 1. The topological polar surface area (TPSA) is 112 Å². The lowest BCUT2D eigenvalue weighted by Crippen LogP contribution is -2.48. The molecule has 0 aliphatic carbocycles. The molecule has 5 rings (SSSR count). The number of rotatable bonds is 6. The van der Waals surface area contributed by atoms with Crippen molar-refractivity contribution in [3.63, 3.8) is 0 Å². The highest BCUT2D eigenvalue weighted by Gasteiger charge is 2.38. The third-order valence-electron chi connectivity index (χ3n) is 6.96. The number of anilines is 1. The zero-order chi connectivity index (χ0) is 28.5. The number of halogens is 3. The second kappa shape index (κ2) is 10.5. The van der Waals surface area contributed by atoms with Crippen molar-refractivity contribution in [3.05, 3.63) is 95.8 Å². The number of aromatic nitrogens is 2. The Morgan fingerprint density at radius 3 is 2.33 bits per heavy atom. The molecule has 0 spiro atoms. The predicted molar refractivity (Wildman–Crippen MR) is 142 cm³/mol. The minimum absolute atomic E-state index is 0.0193. The number of likely N-dealkylation sites (tertiary alicyclic amines) is 1. The molecule has 0 unspecified atom stereocenters. The fourth-order valence-corrected chi connectivity index (χ4v) is 6.09. The van der Waals surface area contributed by atoms with E-state index in [0.29, 0.717) is 11.1 Å². The van der Waals surface area contributed by atoms with Crippen molar-refractivity contribution in [1.82, 2.24) is 14.9 Å². The summed E-state index contributed by atoms with van der Waals surface area (Å²) in [6, 6.07) is 15.7. The lowest BCUT2D eigenvalue weighted by Gasteiger charge is -2.38. The van der Waals surface area contributed by atoms with Crippen LogP contribution >= 0.6 is 0 Å². The standard InChI is InChI=1S/C28H25F3N4O4S/c29-28(30,31)22-5-2-1-4-20(22)18-27(37)12-16-35(17-13-27)26(36)19-8-10-21(11-9-19)34-40(38,39)24-7-3-6-23-25(24)33-15-14-32-23/h1-11,14-15,34,37H,12-13,16-18H2. The number of nitrogens with zero attached hydrogens (tertiary/aromatic N) is 3. The van der Waals surface area contributed by atoms with Gasteiger partial charge in [0.15, 0.2) is 0 Å². The van der Waals surface area contributed by atoms with Crippen LogP contribution in [-0.2, 0) is 22.6 Å². The third-order valence-corrected chi connectivity index (χ3v) is 8.37. The van der Waals surface area contributed by atoms with Gasteiger partial charge in [-0.25, -0.2) is 8.42 Å². The Morgan fingerprint density at radius 1 is 0.950 bits per heavy atom. The summed E-state index contributed by atoms with van der Waals surface area (Å²) >= 11 is 0. The number of carbonyl (C=O) groups excluding carboxylic acids is 1. The normalized spacial score (nSPS) is 15.7. The molecule has 8 nitrogen and oxygen atoms in total. The molecule has 1 aliphatic heterocycles. The summed E-state index contributed by atoms with van der Waals surface area (Å²) in [4.78, 5) is 22.8. The fraction of sp³-hybridized carbons (Fsp3) is 0.250. The van der Waals surface area contributed by atoms with Crippen molar-refractivity contribution in [1.29, 1.82) is 0 Å². The fourth-order valence-electron chi connectivity index (χ4n) is 4.86. The summed E-state index contributed by atoms with van der Waals surface area (Å²) in [6.45, 7) is 0.333. The van der Waals surface area contributed by atoms with Gasteiger partial charge in [0.1, 0.15) is 10.4 Å². The lowest BCUT2D eigenvalue weighted by molar-refractivity contribution is -0.138. The second-order valence-electron chi connectivity index (χ2n) is 9.71. The molecule has 0 radical (unpaired) electrons. The Hall–Kier alpha value is -4.03. The van der Waals surface area contributed by atoms with Gasteiger partial charge in [0.05, 0.1) is 16.7 Å². The maximum Gasteiger partial charge on any atom is 0.416 e. The van der Waals surface area contributed by atoms with Gasteiger partial charge in [-0.2, -0.15) is 13.2 Å². The molecular formula is C28H25F3N4O4S. The predicted octanol–water partition coefficient (Wildman–Crippen LogP) is 4.66. The molecule has 0 atom stereocenters. The van der Waals surface area contributed by atoms with Crippen molar-refractivity contribution < 1.29 is 31.5 Å². The van der Waals surface area contributed by atoms with Gasteiger partial charge >= 0.3 is 6.18 Å². The molecule has 1 aliphatic rings. The molecule has 0 bridgehead atoms. The quantitative estimate of drug-likeness (QED) is 0.349.